The molecule has 6 amide bonds. The zero-order valence-electron chi connectivity index (χ0n) is 89.0. The molecule has 146 heavy (non-hydrogen) atoms. The van der Waals surface area contributed by atoms with Gasteiger partial charge >= 0.3 is 0 Å². The summed E-state index contributed by atoms with van der Waals surface area (Å²) in [4.78, 5) is 123. The SMILES string of the molecule is CC1(C)CCC(Nc2nc(NC(C)(C)C)ncc2C(N)=O)C(O)C1.CC1(C)CCC(Nc2nc(NC(C)(C)C)ncc2C(N)=O)C(O)C1.CCC(C)(CC)Nc1ncc(C(N)=O)c(N[C@@H]2CC[C@@H](C)[C@H](O)C2)n1.CCOC1CCC(Nc2ncc(C(N)=O)c(NC34CC(C3)C4)n2)CC1.C[C@]1(O)CCC[C@@H](Nc2nc(CC34CC(C3)C4)ncc2C(N)=O)C1.NC(=O)c1cnc(CC23CC(C2)C3)nc1N[C@@H]1CCCC[C@H](O)C1. The van der Waals surface area contributed by atoms with E-state index in [4.69, 9.17) is 39.1 Å². The normalized spacial score (nSPS) is 29.3. The fourth-order valence-electron chi connectivity index (χ4n) is 22.8. The van der Waals surface area contributed by atoms with Crippen molar-refractivity contribution < 1.29 is 59.0 Å². The van der Waals surface area contributed by atoms with Gasteiger partial charge in [0.15, 0.2) is 0 Å². The molecule has 15 saturated carbocycles. The Morgan fingerprint density at radius 2 is 0.753 bits per heavy atom. The fraction of sp³-hybridized carbons (Fsp3) is 0.717. The summed E-state index contributed by atoms with van der Waals surface area (Å²) in [6.45, 7) is 33.7. The number of carbonyl (C=O) groups excluding carboxylic acids is 6. The lowest BCUT2D eigenvalue weighted by atomic mass is 9.43. The highest BCUT2D eigenvalue weighted by atomic mass is 16.5. The molecule has 804 valence electrons. The van der Waals surface area contributed by atoms with E-state index in [1.54, 1.807) is 12.4 Å². The van der Waals surface area contributed by atoms with Crippen LogP contribution >= 0.6 is 0 Å². The summed E-state index contributed by atoms with van der Waals surface area (Å²) < 4.78 is 5.70. The van der Waals surface area contributed by atoms with Crippen LogP contribution in [-0.2, 0) is 17.6 Å². The molecule has 11 atom stereocenters. The maximum atomic E-state index is 11.7. The summed E-state index contributed by atoms with van der Waals surface area (Å²) in [5, 5.41) is 84.2. The number of aliphatic hydroxyl groups excluding tert-OH is 4. The maximum absolute atomic E-state index is 11.7. The monoisotopic (exact) mass is 2030 g/mol. The van der Waals surface area contributed by atoms with Crippen molar-refractivity contribution in [2.45, 2.75) is 430 Å². The second-order valence-corrected chi connectivity index (χ2v) is 48.6. The number of amides is 6. The predicted molar refractivity (Wildman–Crippen MR) is 566 cm³/mol. The van der Waals surface area contributed by atoms with Crippen LogP contribution < -0.4 is 87.6 Å². The van der Waals surface area contributed by atoms with Crippen LogP contribution in [0.15, 0.2) is 37.2 Å². The van der Waals surface area contributed by atoms with Gasteiger partial charge in [-0.15, -0.1) is 0 Å². The number of hydrogen-bond acceptors (Lipinski definition) is 34. The minimum Gasteiger partial charge on any atom is -0.393 e. The Morgan fingerprint density at radius 1 is 0.384 bits per heavy atom. The Balaban J connectivity index is 0.000000147. The van der Waals surface area contributed by atoms with E-state index >= 15 is 0 Å². The van der Waals surface area contributed by atoms with Crippen molar-refractivity contribution >= 4 is 94.1 Å². The molecule has 0 saturated heterocycles. The van der Waals surface area contributed by atoms with Crippen LogP contribution in [-0.4, -0.2) is 222 Å². The smallest absolute Gasteiger partial charge is 0.254 e. The molecule has 40 nitrogen and oxygen atoms in total. The molecule has 0 radical (unpaired) electrons. The van der Waals surface area contributed by atoms with Crippen molar-refractivity contribution in [2.75, 3.05) is 59.8 Å². The number of rotatable bonds is 32. The quantitative estimate of drug-likeness (QED) is 0.0174. The number of nitrogens with zero attached hydrogens (tertiary/aromatic N) is 12. The van der Waals surface area contributed by atoms with Gasteiger partial charge in [-0.05, 0) is 307 Å². The zero-order chi connectivity index (χ0) is 106. The fourth-order valence-corrected chi connectivity index (χ4v) is 22.8. The second-order valence-electron chi connectivity index (χ2n) is 48.6. The van der Waals surface area contributed by atoms with Gasteiger partial charge in [0, 0.05) is 103 Å². The van der Waals surface area contributed by atoms with Crippen molar-refractivity contribution in [3.63, 3.8) is 0 Å². The third-order valence-corrected chi connectivity index (χ3v) is 32.0. The van der Waals surface area contributed by atoms with E-state index in [1.807, 2.05) is 55.4 Å². The van der Waals surface area contributed by atoms with Gasteiger partial charge < -0.3 is 118 Å². The number of nitrogens with two attached hydrogens (primary N) is 6. The first-order valence-electron chi connectivity index (χ1n) is 53.4. The second kappa shape index (κ2) is 46.9. The number of hydrogen-bond donors (Lipinski definition) is 21. The highest BCUT2D eigenvalue weighted by molar-refractivity contribution is 6.00. The first-order chi connectivity index (χ1) is 68.6. The number of nitrogens with one attached hydrogen (secondary N) is 10. The van der Waals surface area contributed by atoms with Crippen molar-refractivity contribution in [2.24, 2.45) is 79.7 Å². The van der Waals surface area contributed by atoms with Crippen LogP contribution in [0.4, 0.5) is 58.7 Å². The molecule has 21 rings (SSSR count). The van der Waals surface area contributed by atoms with Gasteiger partial charge in [-0.25, -0.2) is 39.9 Å². The lowest BCUT2D eigenvalue weighted by Crippen LogP contribution is -2.63. The van der Waals surface area contributed by atoms with Crippen molar-refractivity contribution in [3.05, 3.63) is 82.2 Å². The van der Waals surface area contributed by atoms with Crippen LogP contribution in [0.25, 0.3) is 0 Å². The summed E-state index contributed by atoms with van der Waals surface area (Å²) in [5.41, 5.74) is 34.6. The van der Waals surface area contributed by atoms with Gasteiger partial charge in [0.05, 0.1) is 81.6 Å². The highest BCUT2D eigenvalue weighted by Crippen LogP contribution is 2.67. The van der Waals surface area contributed by atoms with Crippen LogP contribution in [0.1, 0.15) is 396 Å². The summed E-state index contributed by atoms with van der Waals surface area (Å²) in [6, 6.07) is 0.319. The van der Waals surface area contributed by atoms with Gasteiger partial charge in [0.25, 0.3) is 35.4 Å². The Hall–Kier alpha value is -10.9. The molecule has 6 aromatic rings. The van der Waals surface area contributed by atoms with E-state index in [0.29, 0.717) is 136 Å². The first-order valence-corrected chi connectivity index (χ1v) is 53.4. The van der Waals surface area contributed by atoms with Crippen LogP contribution in [0.2, 0.25) is 0 Å². The Bertz CT molecular complexity index is 5260. The standard InChI is InChI=1S/C18H27N5O2.C18H31N5O2.2C18H26N4O2.2C17H29N5O2/c1-2-25-13-5-3-12(4-6-13)21-17-20-10-14(15(19)24)16(22-17)23-18-7-11(8-18)9-18;1-5-18(4,6-2)23-17-20-10-13(15(19)25)16(22-17)21-12-8-7-11(3)14(24)9-12;1-17(24)4-2-3-12(8-17)21-16-13(15(19)23)10-20-14(22-16)9-18-5-11(6-18)7-18;19-16(24)14-10-20-15(9-18-6-11(7-18)8-18)22-17(14)21-12-3-1-2-4-13(23)5-12;2*1-16(2,3)22-15-19-9-10(13(18)24)14(21-15)20-11-6-7-17(4,5)8-12(11)23/h10-13H,2-9H2,1H3,(H2,19,24)(H2,20,21,22,23);10-12,14,24H,5-9H2,1-4H3,(H2,19,25)(H2,20,21,22,23);10-12,24H,2-9H2,1H3,(H2,19,23)(H,20,21,22);10-13,23H,1-9H2,(H2,19,24)(H,20,21,22);2*9,11-12,23H,6-8H2,1-5H3,(H2,18,24)(H2,19,20,21,22)/t;11-,12-,14-;11?,12-,17+,18?;11?,12-,13+,18?;;/m.111../s1. The van der Waals surface area contributed by atoms with Gasteiger partial charge in [-0.2, -0.15) is 19.9 Å². The van der Waals surface area contributed by atoms with Gasteiger partial charge in [-0.1, -0.05) is 61.3 Å². The predicted octanol–water partition coefficient (Wildman–Crippen LogP) is 13.1. The van der Waals surface area contributed by atoms with E-state index in [1.165, 1.54) is 82.6 Å². The molecular weight excluding hydrogens is 1860 g/mol. The van der Waals surface area contributed by atoms with Crippen LogP contribution in [0.5, 0.6) is 0 Å². The summed E-state index contributed by atoms with van der Waals surface area (Å²) in [7, 11) is 0. The van der Waals surface area contributed by atoms with Crippen molar-refractivity contribution in [1.29, 1.82) is 0 Å². The van der Waals surface area contributed by atoms with E-state index in [2.05, 4.69) is 168 Å². The van der Waals surface area contributed by atoms with Gasteiger partial charge in [0.1, 0.15) is 46.6 Å². The molecule has 40 heteroatoms. The molecule has 4 unspecified atom stereocenters. The lowest BCUT2D eigenvalue weighted by molar-refractivity contribution is -0.106. The van der Waals surface area contributed by atoms with Crippen LogP contribution in [0.3, 0.4) is 0 Å². The molecule has 15 fully saturated rings. The number of ether oxygens (including phenoxy) is 1. The number of carbonyl (C=O) groups is 6. The first kappa shape index (κ1) is 112. The Kier molecular flexibility index (Phi) is 36.0. The van der Waals surface area contributed by atoms with E-state index in [-0.39, 0.29) is 92.1 Å². The van der Waals surface area contributed by atoms with E-state index < -0.39 is 53.3 Å². The molecule has 6 heterocycles. The third kappa shape index (κ3) is 30.7. The molecule has 0 aliphatic heterocycles. The minimum atomic E-state index is -0.662. The average molecular weight is 2030 g/mol. The maximum Gasteiger partial charge on any atom is 0.254 e. The van der Waals surface area contributed by atoms with E-state index in [9.17, 15) is 54.3 Å². The largest absolute Gasteiger partial charge is 0.393 e. The highest BCUT2D eigenvalue weighted by Gasteiger charge is 2.59. The summed E-state index contributed by atoms with van der Waals surface area (Å²) in [6.07, 6.45) is 42.3. The zero-order valence-corrected chi connectivity index (χ0v) is 89.0. The Labute approximate surface area is 860 Å². The summed E-state index contributed by atoms with van der Waals surface area (Å²) >= 11 is 0. The molecule has 0 aromatic carbocycles. The Morgan fingerprint density at radius 3 is 1.14 bits per heavy atom. The third-order valence-electron chi connectivity index (χ3n) is 32.0. The van der Waals surface area contributed by atoms with Crippen molar-refractivity contribution in [3.8, 4) is 0 Å². The number of anilines is 10. The molecule has 15 aliphatic carbocycles. The molecule has 27 N–H and O–H groups in total. The number of aliphatic hydroxyl groups is 5. The lowest BCUT2D eigenvalue weighted by Gasteiger charge is -2.62. The molecule has 15 aliphatic rings. The molecule has 0 spiro atoms. The molecule has 6 bridgehead atoms. The summed E-state index contributed by atoms with van der Waals surface area (Å²) in [5.74, 6) is 6.04. The minimum absolute atomic E-state index is 0.0655. The van der Waals surface area contributed by atoms with Crippen molar-refractivity contribution in [1.82, 2.24) is 59.8 Å². The van der Waals surface area contributed by atoms with Gasteiger partial charge in [0.2, 0.25) is 23.8 Å². The number of aromatic nitrogens is 12. The van der Waals surface area contributed by atoms with Gasteiger partial charge in [-0.3, -0.25) is 28.8 Å². The van der Waals surface area contributed by atoms with E-state index in [0.717, 1.165) is 171 Å². The average Bonchev–Trinajstić information content (AvgIpc) is 0.734. The number of primary amides is 6. The molecular formula is C106H168N28O12. The molecule has 6 aromatic heterocycles. The van der Waals surface area contributed by atoms with Crippen LogP contribution in [0, 0.1) is 45.3 Å². The topological polar surface area (TPSA) is 644 Å².